The smallest absolute Gasteiger partial charge is 0.323 e. The zero-order valence-corrected chi connectivity index (χ0v) is 11.1. The third-order valence-corrected chi connectivity index (χ3v) is 2.25. The zero-order chi connectivity index (χ0) is 13.5. The molecule has 0 amide bonds. The second-order valence-corrected chi connectivity index (χ2v) is 3.72. The van der Waals surface area contributed by atoms with Crippen molar-refractivity contribution in [3.05, 3.63) is 30.3 Å². The molecular formula is C13H17N5O. The van der Waals surface area contributed by atoms with E-state index in [4.69, 9.17) is 4.74 Å². The van der Waals surface area contributed by atoms with E-state index in [1.165, 1.54) is 0 Å². The number of anilines is 3. The van der Waals surface area contributed by atoms with Crippen LogP contribution >= 0.6 is 0 Å². The summed E-state index contributed by atoms with van der Waals surface area (Å²) in [6.45, 7) is 5.12. The van der Waals surface area contributed by atoms with Crippen LogP contribution in [0.4, 0.5) is 17.6 Å². The topological polar surface area (TPSA) is 72.0 Å². The molecule has 0 aliphatic carbocycles. The number of nitrogens with one attached hydrogen (secondary N) is 2. The molecule has 0 spiro atoms. The average Bonchev–Trinajstić information content (AvgIpc) is 2.40. The third kappa shape index (κ3) is 3.80. The Labute approximate surface area is 112 Å². The summed E-state index contributed by atoms with van der Waals surface area (Å²) < 4.78 is 5.33. The summed E-state index contributed by atoms with van der Waals surface area (Å²) in [7, 11) is 0. The highest BCUT2D eigenvalue weighted by atomic mass is 16.5. The fraction of sp³-hybridized carbons (Fsp3) is 0.308. The lowest BCUT2D eigenvalue weighted by atomic mass is 10.3. The van der Waals surface area contributed by atoms with Gasteiger partial charge in [0.2, 0.25) is 11.9 Å². The van der Waals surface area contributed by atoms with Crippen molar-refractivity contribution in [3.8, 4) is 6.01 Å². The third-order valence-electron chi connectivity index (χ3n) is 2.25. The minimum absolute atomic E-state index is 0.312. The van der Waals surface area contributed by atoms with E-state index < -0.39 is 0 Å². The molecule has 2 rings (SSSR count). The number of para-hydroxylation sites is 1. The molecule has 0 bridgehead atoms. The number of benzene rings is 1. The standard InChI is InChI=1S/C13H17N5O/c1-3-14-11-16-12(18-13(17-11)19-4-2)15-10-8-6-5-7-9-10/h5-9H,3-4H2,1-2H3,(H2,14,15,16,17,18). The van der Waals surface area contributed by atoms with Crippen LogP contribution in [0.1, 0.15) is 13.8 Å². The van der Waals surface area contributed by atoms with E-state index in [1.54, 1.807) is 0 Å². The first-order valence-corrected chi connectivity index (χ1v) is 6.26. The Kier molecular flexibility index (Phi) is 4.49. The van der Waals surface area contributed by atoms with Crippen molar-refractivity contribution in [2.45, 2.75) is 13.8 Å². The lowest BCUT2D eigenvalue weighted by Crippen LogP contribution is -2.08. The van der Waals surface area contributed by atoms with Crippen LogP contribution in [0.5, 0.6) is 6.01 Å². The molecule has 0 radical (unpaired) electrons. The van der Waals surface area contributed by atoms with Crippen LogP contribution in [0.15, 0.2) is 30.3 Å². The Hall–Kier alpha value is -2.37. The molecule has 0 atom stereocenters. The van der Waals surface area contributed by atoms with Gasteiger partial charge in [0.1, 0.15) is 0 Å². The number of aromatic nitrogens is 3. The normalized spacial score (nSPS) is 10.0. The molecule has 0 fully saturated rings. The molecule has 19 heavy (non-hydrogen) atoms. The first kappa shape index (κ1) is 13.1. The fourth-order valence-electron chi connectivity index (χ4n) is 1.49. The van der Waals surface area contributed by atoms with Crippen molar-refractivity contribution in [1.82, 2.24) is 15.0 Å². The fourth-order valence-corrected chi connectivity index (χ4v) is 1.49. The molecule has 2 aromatic rings. The average molecular weight is 259 g/mol. The molecule has 0 saturated carbocycles. The quantitative estimate of drug-likeness (QED) is 0.830. The summed E-state index contributed by atoms with van der Waals surface area (Å²) in [5.41, 5.74) is 0.915. The Morgan fingerprint density at radius 2 is 1.74 bits per heavy atom. The second kappa shape index (κ2) is 6.53. The Morgan fingerprint density at radius 3 is 2.42 bits per heavy atom. The highest BCUT2D eigenvalue weighted by Crippen LogP contribution is 2.16. The largest absolute Gasteiger partial charge is 0.464 e. The summed E-state index contributed by atoms with van der Waals surface area (Å²) in [6, 6.07) is 10.0. The molecule has 6 nitrogen and oxygen atoms in total. The van der Waals surface area contributed by atoms with E-state index in [0.29, 0.717) is 24.5 Å². The molecule has 0 unspecified atom stereocenters. The SMILES string of the molecule is CCNc1nc(Nc2ccccc2)nc(OCC)n1. The summed E-state index contributed by atoms with van der Waals surface area (Å²) in [5.74, 6) is 0.958. The van der Waals surface area contributed by atoms with Gasteiger partial charge in [-0.3, -0.25) is 0 Å². The number of hydrogen-bond acceptors (Lipinski definition) is 6. The number of rotatable bonds is 6. The first-order chi connectivity index (χ1) is 9.31. The molecule has 2 N–H and O–H groups in total. The molecule has 1 aromatic heterocycles. The summed E-state index contributed by atoms with van der Waals surface area (Å²) in [4.78, 5) is 12.6. The maximum Gasteiger partial charge on any atom is 0.323 e. The molecular weight excluding hydrogens is 242 g/mol. The molecule has 0 aliphatic rings. The number of hydrogen-bond donors (Lipinski definition) is 2. The molecule has 1 heterocycles. The summed E-state index contributed by atoms with van der Waals surface area (Å²) in [6.07, 6.45) is 0. The zero-order valence-electron chi connectivity index (χ0n) is 11.1. The van der Waals surface area contributed by atoms with Gasteiger partial charge in [0.25, 0.3) is 0 Å². The van der Waals surface area contributed by atoms with Crippen molar-refractivity contribution in [2.24, 2.45) is 0 Å². The van der Waals surface area contributed by atoms with Crippen LogP contribution in [0, 0.1) is 0 Å². The van der Waals surface area contributed by atoms with Crippen LogP contribution in [0.3, 0.4) is 0 Å². The van der Waals surface area contributed by atoms with Crippen LogP contribution in [-0.2, 0) is 0 Å². The van der Waals surface area contributed by atoms with Gasteiger partial charge >= 0.3 is 6.01 Å². The molecule has 100 valence electrons. The maximum atomic E-state index is 5.33. The van der Waals surface area contributed by atoms with E-state index in [0.717, 1.165) is 12.2 Å². The van der Waals surface area contributed by atoms with E-state index >= 15 is 0 Å². The van der Waals surface area contributed by atoms with Crippen molar-refractivity contribution in [1.29, 1.82) is 0 Å². The van der Waals surface area contributed by atoms with Gasteiger partial charge in [-0.25, -0.2) is 0 Å². The highest BCUT2D eigenvalue weighted by molar-refractivity contribution is 5.53. The Morgan fingerprint density at radius 1 is 1.00 bits per heavy atom. The highest BCUT2D eigenvalue weighted by Gasteiger charge is 2.06. The van der Waals surface area contributed by atoms with Crippen molar-refractivity contribution >= 4 is 17.6 Å². The van der Waals surface area contributed by atoms with Crippen LogP contribution in [0.25, 0.3) is 0 Å². The van der Waals surface area contributed by atoms with Crippen molar-refractivity contribution < 1.29 is 4.74 Å². The van der Waals surface area contributed by atoms with Crippen LogP contribution in [-0.4, -0.2) is 28.1 Å². The molecule has 0 saturated heterocycles. The number of ether oxygens (including phenoxy) is 1. The predicted molar refractivity (Wildman–Crippen MR) is 74.9 cm³/mol. The predicted octanol–water partition coefficient (Wildman–Crippen LogP) is 2.45. The second-order valence-electron chi connectivity index (χ2n) is 3.72. The van der Waals surface area contributed by atoms with Crippen molar-refractivity contribution in [2.75, 3.05) is 23.8 Å². The molecule has 6 heteroatoms. The van der Waals surface area contributed by atoms with Gasteiger partial charge in [-0.15, -0.1) is 0 Å². The molecule has 0 aliphatic heterocycles. The molecule has 1 aromatic carbocycles. The van der Waals surface area contributed by atoms with Gasteiger partial charge in [-0.2, -0.15) is 15.0 Å². The van der Waals surface area contributed by atoms with Crippen LogP contribution < -0.4 is 15.4 Å². The summed E-state index contributed by atoms with van der Waals surface area (Å²) in [5, 5.41) is 6.17. The van der Waals surface area contributed by atoms with Crippen molar-refractivity contribution in [3.63, 3.8) is 0 Å². The van der Waals surface area contributed by atoms with E-state index in [1.807, 2.05) is 44.2 Å². The Bertz CT molecular complexity index is 493. The van der Waals surface area contributed by atoms with E-state index in [9.17, 15) is 0 Å². The number of nitrogens with zero attached hydrogens (tertiary/aromatic N) is 3. The minimum atomic E-state index is 0.312. The lowest BCUT2D eigenvalue weighted by molar-refractivity contribution is 0.312. The summed E-state index contributed by atoms with van der Waals surface area (Å²) >= 11 is 0. The minimum Gasteiger partial charge on any atom is -0.464 e. The Balaban J connectivity index is 2.23. The van der Waals surface area contributed by atoms with E-state index in [2.05, 4.69) is 25.6 Å². The van der Waals surface area contributed by atoms with Gasteiger partial charge in [-0.05, 0) is 26.0 Å². The van der Waals surface area contributed by atoms with Gasteiger partial charge in [0.15, 0.2) is 0 Å². The van der Waals surface area contributed by atoms with Gasteiger partial charge < -0.3 is 15.4 Å². The maximum absolute atomic E-state index is 5.33. The van der Waals surface area contributed by atoms with Gasteiger partial charge in [0.05, 0.1) is 6.61 Å². The van der Waals surface area contributed by atoms with Gasteiger partial charge in [0, 0.05) is 12.2 Å². The lowest BCUT2D eigenvalue weighted by Gasteiger charge is -2.09. The van der Waals surface area contributed by atoms with Crippen LogP contribution in [0.2, 0.25) is 0 Å². The van der Waals surface area contributed by atoms with Gasteiger partial charge in [-0.1, -0.05) is 18.2 Å². The van der Waals surface area contributed by atoms with E-state index in [-0.39, 0.29) is 0 Å². The monoisotopic (exact) mass is 259 g/mol. The first-order valence-electron chi connectivity index (χ1n) is 6.26.